The van der Waals surface area contributed by atoms with Crippen molar-refractivity contribution in [2.24, 2.45) is 0 Å². The van der Waals surface area contributed by atoms with Gasteiger partial charge in [0.15, 0.2) is 0 Å². The molecule has 0 unspecified atom stereocenters. The Kier molecular flexibility index (Phi) is 8.25. The van der Waals surface area contributed by atoms with Gasteiger partial charge in [0, 0.05) is 52.7 Å². The monoisotopic (exact) mass is 800 g/mol. The minimum atomic E-state index is 1.09. The van der Waals surface area contributed by atoms with E-state index in [1.54, 1.807) is 0 Å². The molecule has 0 fully saturated rings. The highest BCUT2D eigenvalue weighted by Crippen LogP contribution is 2.55. The lowest BCUT2D eigenvalue weighted by atomic mass is 10.0. The predicted octanol–water partition coefficient (Wildman–Crippen LogP) is 17.3. The van der Waals surface area contributed by atoms with Crippen molar-refractivity contribution in [1.29, 1.82) is 0 Å². The normalized spacial score (nSPS) is 11.7. The van der Waals surface area contributed by atoms with Crippen molar-refractivity contribution in [3.63, 3.8) is 0 Å². The second kappa shape index (κ2) is 14.2. The molecule has 0 N–H and O–H groups in total. The van der Waals surface area contributed by atoms with E-state index in [-0.39, 0.29) is 0 Å². The molecule has 12 aromatic rings. The molecule has 0 saturated heterocycles. The zero-order valence-electron chi connectivity index (χ0n) is 32.5. The van der Waals surface area contributed by atoms with Crippen LogP contribution in [0, 0.1) is 0 Å². The highest BCUT2D eigenvalue weighted by atomic mass is 32.1. The molecule has 0 aliphatic rings. The third-order valence-corrected chi connectivity index (χ3v) is 14.1. The number of fused-ring (bicyclic) bond motifs is 9. The number of rotatable bonds is 7. The third kappa shape index (κ3) is 5.68. The first-order valence-electron chi connectivity index (χ1n) is 20.3. The molecule has 0 amide bonds. The minimum Gasteiger partial charge on any atom is -0.308 e. The fourth-order valence-corrected chi connectivity index (χ4v) is 11.4. The standard InChI is InChI=1S/C56H36N2S2/c1-3-14-37(15-4-1)39-26-30-43(31-27-39)57(44-32-28-38-16-7-8-18-41(38)36-44)55-49(34-33-47-53-45-21-10-9-17-40(45)29-35-52(53)60-56(47)55)58(42-19-5-2-6-20-42)48-23-13-25-51-54(48)46-22-11-12-24-50(46)59-51/h1-36H. The average Bonchev–Trinajstić information content (AvgIpc) is 3.90. The average molecular weight is 801 g/mol. The molecule has 12 rings (SSSR count). The summed E-state index contributed by atoms with van der Waals surface area (Å²) in [5.41, 5.74) is 9.08. The fourth-order valence-electron chi connectivity index (χ4n) is 9.07. The summed E-state index contributed by atoms with van der Waals surface area (Å²) in [6.45, 7) is 0. The van der Waals surface area contributed by atoms with E-state index in [4.69, 9.17) is 0 Å². The highest BCUT2D eigenvalue weighted by Gasteiger charge is 2.28. The molecule has 2 heterocycles. The number of nitrogens with zero attached hydrogens (tertiary/aromatic N) is 2. The quantitative estimate of drug-likeness (QED) is 0.158. The Bertz CT molecular complexity index is 3550. The molecule has 60 heavy (non-hydrogen) atoms. The Morgan fingerprint density at radius 3 is 1.75 bits per heavy atom. The van der Waals surface area contributed by atoms with E-state index in [1.807, 2.05) is 22.7 Å². The molecule has 10 aromatic carbocycles. The fraction of sp³-hybridized carbons (Fsp3) is 0. The van der Waals surface area contributed by atoms with Crippen molar-refractivity contribution in [2.45, 2.75) is 0 Å². The Hall–Kier alpha value is -7.24. The Labute approximate surface area is 356 Å². The lowest BCUT2D eigenvalue weighted by molar-refractivity contribution is 1.25. The van der Waals surface area contributed by atoms with E-state index < -0.39 is 0 Å². The zero-order chi connectivity index (χ0) is 39.6. The van der Waals surface area contributed by atoms with Gasteiger partial charge in [0.25, 0.3) is 0 Å². The van der Waals surface area contributed by atoms with E-state index >= 15 is 0 Å². The van der Waals surface area contributed by atoms with Gasteiger partial charge in [-0.2, -0.15) is 0 Å². The molecule has 0 saturated carbocycles. The number of hydrogen-bond acceptors (Lipinski definition) is 4. The third-order valence-electron chi connectivity index (χ3n) is 11.8. The first-order chi connectivity index (χ1) is 29.8. The molecule has 0 spiro atoms. The topological polar surface area (TPSA) is 6.48 Å². The van der Waals surface area contributed by atoms with Crippen LogP contribution in [-0.4, -0.2) is 0 Å². The maximum atomic E-state index is 2.51. The number of benzene rings is 10. The number of anilines is 6. The summed E-state index contributed by atoms with van der Waals surface area (Å²) in [5.74, 6) is 0. The maximum Gasteiger partial charge on any atom is 0.0883 e. The molecule has 0 bridgehead atoms. The molecule has 2 nitrogen and oxygen atoms in total. The van der Waals surface area contributed by atoms with Crippen LogP contribution in [0.25, 0.3) is 73.0 Å². The van der Waals surface area contributed by atoms with Crippen LogP contribution in [0.3, 0.4) is 0 Å². The van der Waals surface area contributed by atoms with Crippen molar-refractivity contribution < 1.29 is 0 Å². The van der Waals surface area contributed by atoms with Crippen LogP contribution in [0.1, 0.15) is 0 Å². The van der Waals surface area contributed by atoms with Gasteiger partial charge in [-0.25, -0.2) is 0 Å². The lowest BCUT2D eigenvalue weighted by Gasteiger charge is -2.34. The van der Waals surface area contributed by atoms with Gasteiger partial charge in [-0.15, -0.1) is 22.7 Å². The summed E-state index contributed by atoms with van der Waals surface area (Å²) >= 11 is 3.75. The molecular weight excluding hydrogens is 765 g/mol. The van der Waals surface area contributed by atoms with Crippen LogP contribution >= 0.6 is 22.7 Å². The van der Waals surface area contributed by atoms with Crippen LogP contribution in [-0.2, 0) is 0 Å². The molecule has 0 aliphatic heterocycles. The lowest BCUT2D eigenvalue weighted by Crippen LogP contribution is -2.17. The molecule has 0 radical (unpaired) electrons. The first-order valence-corrected chi connectivity index (χ1v) is 22.0. The predicted molar refractivity (Wildman–Crippen MR) is 262 cm³/mol. The molecule has 2 aromatic heterocycles. The van der Waals surface area contributed by atoms with Crippen molar-refractivity contribution in [3.8, 4) is 11.1 Å². The van der Waals surface area contributed by atoms with E-state index in [1.165, 1.54) is 73.0 Å². The summed E-state index contributed by atoms with van der Waals surface area (Å²) in [5, 5.41) is 10.0. The van der Waals surface area contributed by atoms with Gasteiger partial charge in [-0.05, 0) is 99.4 Å². The van der Waals surface area contributed by atoms with Gasteiger partial charge >= 0.3 is 0 Å². The second-order valence-electron chi connectivity index (χ2n) is 15.3. The van der Waals surface area contributed by atoms with Gasteiger partial charge < -0.3 is 9.80 Å². The summed E-state index contributed by atoms with van der Waals surface area (Å²) in [4.78, 5) is 5.02. The van der Waals surface area contributed by atoms with Crippen LogP contribution < -0.4 is 9.80 Å². The van der Waals surface area contributed by atoms with E-state index in [0.29, 0.717) is 0 Å². The summed E-state index contributed by atoms with van der Waals surface area (Å²) in [7, 11) is 0. The second-order valence-corrected chi connectivity index (χ2v) is 17.4. The van der Waals surface area contributed by atoms with Gasteiger partial charge in [0.2, 0.25) is 0 Å². The Morgan fingerprint density at radius 2 is 0.917 bits per heavy atom. The number of thiophene rings is 2. The summed E-state index contributed by atoms with van der Waals surface area (Å²) in [6.07, 6.45) is 0. The zero-order valence-corrected chi connectivity index (χ0v) is 34.1. The van der Waals surface area contributed by atoms with Gasteiger partial charge in [-0.3, -0.25) is 0 Å². The van der Waals surface area contributed by atoms with Crippen molar-refractivity contribution in [1.82, 2.24) is 0 Å². The van der Waals surface area contributed by atoms with E-state index in [0.717, 1.165) is 34.1 Å². The van der Waals surface area contributed by atoms with Crippen LogP contribution in [0.2, 0.25) is 0 Å². The Balaban J connectivity index is 1.22. The maximum absolute atomic E-state index is 2.51. The smallest absolute Gasteiger partial charge is 0.0883 e. The first kappa shape index (κ1) is 34.8. The largest absolute Gasteiger partial charge is 0.308 e. The number of hydrogen-bond donors (Lipinski definition) is 0. The van der Waals surface area contributed by atoms with Gasteiger partial charge in [-0.1, -0.05) is 152 Å². The highest BCUT2D eigenvalue weighted by molar-refractivity contribution is 7.27. The van der Waals surface area contributed by atoms with Gasteiger partial charge in [0.05, 0.1) is 21.8 Å². The Morgan fingerprint density at radius 1 is 0.300 bits per heavy atom. The summed E-state index contributed by atoms with van der Waals surface area (Å²) < 4.78 is 5.07. The molecule has 282 valence electrons. The van der Waals surface area contributed by atoms with Gasteiger partial charge in [0.1, 0.15) is 0 Å². The molecule has 0 atom stereocenters. The minimum absolute atomic E-state index is 1.09. The van der Waals surface area contributed by atoms with E-state index in [2.05, 4.69) is 228 Å². The van der Waals surface area contributed by atoms with Crippen LogP contribution in [0.4, 0.5) is 34.1 Å². The summed E-state index contributed by atoms with van der Waals surface area (Å²) in [6, 6.07) is 80.0. The van der Waals surface area contributed by atoms with Crippen LogP contribution in [0.15, 0.2) is 218 Å². The molecular formula is C56H36N2S2. The SMILES string of the molecule is c1ccc(-c2ccc(N(c3ccc4ccccc4c3)c3c(N(c4ccccc4)c4cccc5sc6ccccc6c45)ccc4c3sc3ccc5ccccc5c34)cc2)cc1. The van der Waals surface area contributed by atoms with Crippen molar-refractivity contribution >= 4 is 119 Å². The molecule has 4 heteroatoms. The van der Waals surface area contributed by atoms with E-state index in [9.17, 15) is 0 Å². The molecule has 0 aliphatic carbocycles. The number of para-hydroxylation sites is 1. The van der Waals surface area contributed by atoms with Crippen molar-refractivity contribution in [3.05, 3.63) is 218 Å². The van der Waals surface area contributed by atoms with Crippen molar-refractivity contribution in [2.75, 3.05) is 9.80 Å². The van der Waals surface area contributed by atoms with Crippen LogP contribution in [0.5, 0.6) is 0 Å².